The molecule has 0 aliphatic heterocycles. The highest BCUT2D eigenvalue weighted by molar-refractivity contribution is 9.10. The fourth-order valence-corrected chi connectivity index (χ4v) is 4.47. The lowest BCUT2D eigenvalue weighted by Gasteiger charge is -2.27. The van der Waals surface area contributed by atoms with Crippen molar-refractivity contribution in [1.29, 1.82) is 0 Å². The van der Waals surface area contributed by atoms with Gasteiger partial charge in [0.1, 0.15) is 0 Å². The third-order valence-electron chi connectivity index (χ3n) is 3.76. The van der Waals surface area contributed by atoms with Gasteiger partial charge in [-0.25, -0.2) is 0 Å². The van der Waals surface area contributed by atoms with Crippen molar-refractivity contribution in [2.24, 2.45) is 11.8 Å². The maximum absolute atomic E-state index is 3.67. The van der Waals surface area contributed by atoms with Crippen molar-refractivity contribution in [3.05, 3.63) is 20.8 Å². The largest absolute Gasteiger partial charge is 0.310 e. The van der Waals surface area contributed by atoms with Crippen LogP contribution in [0.3, 0.4) is 0 Å². The second kappa shape index (κ2) is 5.65. The molecule has 2 rings (SSSR count). The number of hydrogen-bond donors (Lipinski definition) is 1. The van der Waals surface area contributed by atoms with Crippen LogP contribution in [-0.4, -0.2) is 6.54 Å². The first-order valence-electron chi connectivity index (χ1n) is 6.19. The summed E-state index contributed by atoms with van der Waals surface area (Å²) in [5, 5.41) is 8.16. The molecule has 0 spiro atoms. The lowest BCUT2D eigenvalue weighted by atomic mass is 9.87. The van der Waals surface area contributed by atoms with Crippen LogP contribution in [0.15, 0.2) is 15.2 Å². The predicted octanol–water partition coefficient (Wildman–Crippen LogP) is 4.60. The lowest BCUT2D eigenvalue weighted by molar-refractivity contribution is 0.305. The van der Waals surface area contributed by atoms with E-state index in [2.05, 4.69) is 45.9 Å². The van der Waals surface area contributed by atoms with Crippen molar-refractivity contribution in [2.45, 2.75) is 39.2 Å². The third-order valence-corrected chi connectivity index (χ3v) is 5.51. The Morgan fingerprint density at radius 2 is 2.31 bits per heavy atom. The monoisotopic (exact) mass is 301 g/mol. The maximum atomic E-state index is 3.67. The van der Waals surface area contributed by atoms with Crippen molar-refractivity contribution in [2.75, 3.05) is 6.54 Å². The van der Waals surface area contributed by atoms with Crippen LogP contribution in [0.5, 0.6) is 0 Å². The van der Waals surface area contributed by atoms with E-state index in [9.17, 15) is 0 Å². The zero-order chi connectivity index (χ0) is 11.5. The molecule has 3 unspecified atom stereocenters. The lowest BCUT2D eigenvalue weighted by Crippen LogP contribution is -2.29. The Bertz CT molecular complexity index is 336. The van der Waals surface area contributed by atoms with Gasteiger partial charge in [-0.3, -0.25) is 0 Å². The first-order chi connectivity index (χ1) is 7.74. The quantitative estimate of drug-likeness (QED) is 0.857. The molecular formula is C13H20BrNS. The molecule has 1 saturated carbocycles. The van der Waals surface area contributed by atoms with Gasteiger partial charge in [0.15, 0.2) is 0 Å². The van der Waals surface area contributed by atoms with E-state index in [0.717, 1.165) is 18.4 Å². The minimum absolute atomic E-state index is 0.545. The van der Waals surface area contributed by atoms with Gasteiger partial charge in [0.05, 0.1) is 0 Å². The molecule has 0 saturated heterocycles. The molecule has 1 heterocycles. The van der Waals surface area contributed by atoms with Gasteiger partial charge in [-0.1, -0.05) is 26.7 Å². The van der Waals surface area contributed by atoms with Gasteiger partial charge >= 0.3 is 0 Å². The molecule has 1 aliphatic rings. The number of rotatable bonds is 4. The van der Waals surface area contributed by atoms with E-state index in [0.29, 0.717) is 6.04 Å². The molecule has 16 heavy (non-hydrogen) atoms. The molecule has 1 aromatic rings. The van der Waals surface area contributed by atoms with Gasteiger partial charge in [0, 0.05) is 15.9 Å². The number of halogens is 1. The highest BCUT2D eigenvalue weighted by atomic mass is 79.9. The molecule has 0 amide bonds. The molecular weight excluding hydrogens is 282 g/mol. The third kappa shape index (κ3) is 2.52. The molecule has 0 radical (unpaired) electrons. The second-order valence-corrected chi connectivity index (χ2v) is 6.38. The van der Waals surface area contributed by atoms with Gasteiger partial charge in [0.25, 0.3) is 0 Å². The molecule has 1 nitrogen and oxygen atoms in total. The molecule has 1 fully saturated rings. The number of nitrogens with one attached hydrogen (secondary N) is 1. The average molecular weight is 302 g/mol. The topological polar surface area (TPSA) is 12.0 Å². The smallest absolute Gasteiger partial charge is 0.0370 e. The highest BCUT2D eigenvalue weighted by Gasteiger charge is 2.32. The standard InChI is InChI=1S/C13H20BrNS/c1-3-15-13(10-6-4-5-9(10)2)11-7-16-8-12(11)14/h7-10,13,15H,3-6H2,1-2H3. The van der Waals surface area contributed by atoms with E-state index in [1.165, 1.54) is 29.3 Å². The molecule has 0 aromatic carbocycles. The number of hydrogen-bond acceptors (Lipinski definition) is 2. The van der Waals surface area contributed by atoms with E-state index >= 15 is 0 Å². The van der Waals surface area contributed by atoms with E-state index in [-0.39, 0.29) is 0 Å². The second-order valence-electron chi connectivity index (χ2n) is 4.78. The normalized spacial score (nSPS) is 27.2. The van der Waals surface area contributed by atoms with Crippen LogP contribution in [0.1, 0.15) is 44.7 Å². The average Bonchev–Trinajstić information content (AvgIpc) is 2.84. The van der Waals surface area contributed by atoms with Gasteiger partial charge < -0.3 is 5.32 Å². The summed E-state index contributed by atoms with van der Waals surface area (Å²) in [7, 11) is 0. The minimum atomic E-state index is 0.545. The van der Waals surface area contributed by atoms with Crippen LogP contribution in [0.2, 0.25) is 0 Å². The van der Waals surface area contributed by atoms with Crippen LogP contribution in [0, 0.1) is 11.8 Å². The summed E-state index contributed by atoms with van der Waals surface area (Å²) in [4.78, 5) is 0. The van der Waals surface area contributed by atoms with E-state index in [4.69, 9.17) is 0 Å². The summed E-state index contributed by atoms with van der Waals surface area (Å²) < 4.78 is 1.28. The minimum Gasteiger partial charge on any atom is -0.310 e. The first kappa shape index (κ1) is 12.6. The zero-order valence-electron chi connectivity index (χ0n) is 10.0. The van der Waals surface area contributed by atoms with E-state index < -0.39 is 0 Å². The Balaban J connectivity index is 2.20. The predicted molar refractivity (Wildman–Crippen MR) is 74.9 cm³/mol. The highest BCUT2D eigenvalue weighted by Crippen LogP contribution is 2.42. The Morgan fingerprint density at radius 3 is 2.81 bits per heavy atom. The Labute approximate surface area is 111 Å². The van der Waals surface area contributed by atoms with E-state index in [1.807, 2.05) is 0 Å². The Kier molecular flexibility index (Phi) is 4.45. The van der Waals surface area contributed by atoms with Crippen LogP contribution >= 0.6 is 27.3 Å². The van der Waals surface area contributed by atoms with Crippen molar-refractivity contribution < 1.29 is 0 Å². The molecule has 1 N–H and O–H groups in total. The summed E-state index contributed by atoms with van der Waals surface area (Å²) in [5.41, 5.74) is 1.46. The number of thiophene rings is 1. The Hall–Kier alpha value is 0.140. The van der Waals surface area contributed by atoms with Gasteiger partial charge in [-0.15, -0.1) is 0 Å². The zero-order valence-corrected chi connectivity index (χ0v) is 12.4. The Morgan fingerprint density at radius 1 is 1.50 bits per heavy atom. The van der Waals surface area contributed by atoms with Crippen molar-refractivity contribution >= 4 is 27.3 Å². The summed E-state index contributed by atoms with van der Waals surface area (Å²) in [6, 6.07) is 0.545. The molecule has 3 heteroatoms. The molecule has 1 aromatic heterocycles. The fraction of sp³-hybridized carbons (Fsp3) is 0.692. The summed E-state index contributed by atoms with van der Waals surface area (Å²) in [6.07, 6.45) is 4.17. The first-order valence-corrected chi connectivity index (χ1v) is 7.92. The van der Waals surface area contributed by atoms with Crippen LogP contribution < -0.4 is 5.32 Å². The molecule has 3 atom stereocenters. The van der Waals surface area contributed by atoms with Gasteiger partial charge in [-0.05, 0) is 51.7 Å². The maximum Gasteiger partial charge on any atom is 0.0370 e. The fourth-order valence-electron chi connectivity index (χ4n) is 2.89. The van der Waals surface area contributed by atoms with Crippen LogP contribution in [0.4, 0.5) is 0 Å². The van der Waals surface area contributed by atoms with Gasteiger partial charge in [-0.2, -0.15) is 11.3 Å². The summed E-state index contributed by atoms with van der Waals surface area (Å²) in [5.74, 6) is 1.67. The molecule has 1 aliphatic carbocycles. The SMILES string of the molecule is CCNC(c1cscc1Br)C1CCCC1C. The molecule has 90 valence electrons. The van der Waals surface area contributed by atoms with E-state index in [1.54, 1.807) is 11.3 Å². The summed E-state index contributed by atoms with van der Waals surface area (Å²) in [6.45, 7) is 5.66. The van der Waals surface area contributed by atoms with Crippen LogP contribution in [-0.2, 0) is 0 Å². The van der Waals surface area contributed by atoms with Crippen molar-refractivity contribution in [3.63, 3.8) is 0 Å². The van der Waals surface area contributed by atoms with Crippen molar-refractivity contribution in [1.82, 2.24) is 5.32 Å². The van der Waals surface area contributed by atoms with Crippen LogP contribution in [0.25, 0.3) is 0 Å². The van der Waals surface area contributed by atoms with Crippen molar-refractivity contribution in [3.8, 4) is 0 Å². The summed E-state index contributed by atoms with van der Waals surface area (Å²) >= 11 is 5.47. The van der Waals surface area contributed by atoms with Gasteiger partial charge in [0.2, 0.25) is 0 Å². The molecule has 0 bridgehead atoms.